The first-order chi connectivity index (χ1) is 8.19. The monoisotopic (exact) mass is 251 g/mol. The van der Waals surface area contributed by atoms with Gasteiger partial charge >= 0.3 is 0 Å². The van der Waals surface area contributed by atoms with Crippen molar-refractivity contribution in [3.05, 3.63) is 58.9 Å². The fourth-order valence-electron chi connectivity index (χ4n) is 1.38. The number of rotatable bonds is 3. The molecule has 0 aliphatic heterocycles. The largest absolute Gasteiger partial charge is 0.454 e. The molecular formula is C13H11ClFNO. The topological polar surface area (TPSA) is 35.2 Å². The van der Waals surface area contributed by atoms with Crippen LogP contribution in [0.2, 0.25) is 5.02 Å². The zero-order valence-electron chi connectivity index (χ0n) is 8.99. The smallest absolute Gasteiger partial charge is 0.166 e. The van der Waals surface area contributed by atoms with Gasteiger partial charge in [0.05, 0.1) is 0 Å². The molecule has 0 aliphatic rings. The van der Waals surface area contributed by atoms with Gasteiger partial charge in [0.1, 0.15) is 5.75 Å². The van der Waals surface area contributed by atoms with E-state index in [1.807, 2.05) is 0 Å². The van der Waals surface area contributed by atoms with Gasteiger partial charge in [0.2, 0.25) is 0 Å². The standard InChI is InChI=1S/C13H11ClFNO/c14-10-2-4-11(5-3-10)17-13-6-1-9(8-16)7-12(13)15/h1-7H,8,16H2. The van der Waals surface area contributed by atoms with Crippen LogP contribution < -0.4 is 10.5 Å². The Kier molecular flexibility index (Phi) is 3.61. The second-order valence-electron chi connectivity index (χ2n) is 3.52. The predicted molar refractivity (Wildman–Crippen MR) is 65.8 cm³/mol. The van der Waals surface area contributed by atoms with Crippen molar-refractivity contribution in [3.8, 4) is 11.5 Å². The Balaban J connectivity index is 2.21. The van der Waals surface area contributed by atoms with Gasteiger partial charge in [-0.1, -0.05) is 17.7 Å². The van der Waals surface area contributed by atoms with Crippen LogP contribution in [-0.4, -0.2) is 0 Å². The molecule has 0 heterocycles. The Bertz CT molecular complexity index is 513. The predicted octanol–water partition coefficient (Wildman–Crippen LogP) is 3.73. The van der Waals surface area contributed by atoms with Crippen molar-refractivity contribution in [2.24, 2.45) is 5.73 Å². The molecule has 0 radical (unpaired) electrons. The fourth-order valence-corrected chi connectivity index (χ4v) is 1.51. The molecule has 17 heavy (non-hydrogen) atoms. The highest BCUT2D eigenvalue weighted by atomic mass is 35.5. The molecule has 2 rings (SSSR count). The van der Waals surface area contributed by atoms with Crippen molar-refractivity contribution in [1.82, 2.24) is 0 Å². The second kappa shape index (κ2) is 5.17. The average molecular weight is 252 g/mol. The number of benzene rings is 2. The summed E-state index contributed by atoms with van der Waals surface area (Å²) in [5.74, 6) is 0.279. The third-order valence-electron chi connectivity index (χ3n) is 2.27. The molecule has 0 unspecified atom stereocenters. The molecule has 0 atom stereocenters. The van der Waals surface area contributed by atoms with E-state index in [0.29, 0.717) is 17.3 Å². The van der Waals surface area contributed by atoms with Crippen molar-refractivity contribution in [1.29, 1.82) is 0 Å². The maximum absolute atomic E-state index is 13.6. The molecule has 0 saturated carbocycles. The lowest BCUT2D eigenvalue weighted by Crippen LogP contribution is -1.97. The van der Waals surface area contributed by atoms with Crippen LogP contribution in [-0.2, 0) is 6.54 Å². The number of nitrogens with two attached hydrogens (primary N) is 1. The van der Waals surface area contributed by atoms with Gasteiger partial charge < -0.3 is 10.5 Å². The Morgan fingerprint density at radius 3 is 2.41 bits per heavy atom. The molecule has 2 nitrogen and oxygen atoms in total. The quantitative estimate of drug-likeness (QED) is 0.902. The Morgan fingerprint density at radius 2 is 1.82 bits per heavy atom. The number of ether oxygens (including phenoxy) is 1. The molecule has 0 aliphatic carbocycles. The highest BCUT2D eigenvalue weighted by Gasteiger charge is 2.05. The van der Waals surface area contributed by atoms with Crippen LogP contribution in [0.4, 0.5) is 4.39 Å². The maximum Gasteiger partial charge on any atom is 0.166 e. The van der Waals surface area contributed by atoms with Gasteiger partial charge in [-0.25, -0.2) is 4.39 Å². The summed E-state index contributed by atoms with van der Waals surface area (Å²) in [6.07, 6.45) is 0. The molecule has 0 spiro atoms. The summed E-state index contributed by atoms with van der Waals surface area (Å²) in [6.45, 7) is 0.304. The molecule has 88 valence electrons. The first-order valence-corrected chi connectivity index (χ1v) is 5.49. The fraction of sp³-hybridized carbons (Fsp3) is 0.0769. The minimum Gasteiger partial charge on any atom is -0.454 e. The van der Waals surface area contributed by atoms with Gasteiger partial charge in [-0.05, 0) is 42.0 Å². The minimum absolute atomic E-state index is 0.171. The van der Waals surface area contributed by atoms with E-state index in [1.165, 1.54) is 6.07 Å². The van der Waals surface area contributed by atoms with E-state index in [0.717, 1.165) is 5.56 Å². The van der Waals surface area contributed by atoms with Crippen LogP contribution in [0.15, 0.2) is 42.5 Å². The summed E-state index contributed by atoms with van der Waals surface area (Å²) >= 11 is 5.74. The summed E-state index contributed by atoms with van der Waals surface area (Å²) < 4.78 is 19.0. The number of halogens is 2. The van der Waals surface area contributed by atoms with Gasteiger partial charge in [-0.15, -0.1) is 0 Å². The van der Waals surface area contributed by atoms with Crippen molar-refractivity contribution in [2.45, 2.75) is 6.54 Å². The summed E-state index contributed by atoms with van der Waals surface area (Å²) in [5, 5.41) is 0.608. The Morgan fingerprint density at radius 1 is 1.12 bits per heavy atom. The van der Waals surface area contributed by atoms with Gasteiger partial charge in [0.25, 0.3) is 0 Å². The molecule has 0 amide bonds. The SMILES string of the molecule is NCc1ccc(Oc2ccc(Cl)cc2)c(F)c1. The lowest BCUT2D eigenvalue weighted by molar-refractivity contribution is 0.441. The molecule has 2 aromatic rings. The van der Waals surface area contributed by atoms with Crippen molar-refractivity contribution >= 4 is 11.6 Å². The van der Waals surface area contributed by atoms with Crippen LogP contribution in [0.3, 0.4) is 0 Å². The van der Waals surface area contributed by atoms with E-state index < -0.39 is 5.82 Å². The van der Waals surface area contributed by atoms with E-state index in [1.54, 1.807) is 36.4 Å². The molecule has 0 fully saturated rings. The van der Waals surface area contributed by atoms with Crippen LogP contribution in [0, 0.1) is 5.82 Å². The zero-order chi connectivity index (χ0) is 12.3. The average Bonchev–Trinajstić information content (AvgIpc) is 2.34. The van der Waals surface area contributed by atoms with Crippen LogP contribution in [0.25, 0.3) is 0 Å². The zero-order valence-corrected chi connectivity index (χ0v) is 9.75. The minimum atomic E-state index is -0.428. The molecular weight excluding hydrogens is 241 g/mol. The van der Waals surface area contributed by atoms with Crippen LogP contribution in [0.5, 0.6) is 11.5 Å². The summed E-state index contributed by atoms with van der Waals surface area (Å²) in [6, 6.07) is 11.4. The first-order valence-electron chi connectivity index (χ1n) is 5.11. The van der Waals surface area contributed by atoms with Crippen molar-refractivity contribution in [3.63, 3.8) is 0 Å². The van der Waals surface area contributed by atoms with Crippen LogP contribution >= 0.6 is 11.6 Å². The van der Waals surface area contributed by atoms with Gasteiger partial charge in [-0.2, -0.15) is 0 Å². The van der Waals surface area contributed by atoms with Gasteiger partial charge in [0.15, 0.2) is 11.6 Å². The van der Waals surface area contributed by atoms with E-state index in [2.05, 4.69) is 0 Å². The molecule has 2 N–H and O–H groups in total. The molecule has 0 saturated heterocycles. The Labute approximate surface area is 104 Å². The van der Waals surface area contributed by atoms with E-state index >= 15 is 0 Å². The van der Waals surface area contributed by atoms with E-state index in [-0.39, 0.29) is 5.75 Å². The summed E-state index contributed by atoms with van der Waals surface area (Å²) in [4.78, 5) is 0. The molecule has 0 bridgehead atoms. The lowest BCUT2D eigenvalue weighted by atomic mass is 10.2. The first kappa shape index (κ1) is 11.9. The highest BCUT2D eigenvalue weighted by Crippen LogP contribution is 2.26. The van der Waals surface area contributed by atoms with Crippen molar-refractivity contribution < 1.29 is 9.13 Å². The molecule has 0 aromatic heterocycles. The summed E-state index contributed by atoms with van der Waals surface area (Å²) in [5.41, 5.74) is 6.14. The van der Waals surface area contributed by atoms with Gasteiger partial charge in [0, 0.05) is 11.6 Å². The van der Waals surface area contributed by atoms with E-state index in [4.69, 9.17) is 22.1 Å². The second-order valence-corrected chi connectivity index (χ2v) is 3.96. The number of hydrogen-bond donors (Lipinski definition) is 1. The Hall–Kier alpha value is -1.58. The third kappa shape index (κ3) is 2.96. The summed E-state index contributed by atoms with van der Waals surface area (Å²) in [7, 11) is 0. The molecule has 2 aromatic carbocycles. The number of hydrogen-bond acceptors (Lipinski definition) is 2. The maximum atomic E-state index is 13.6. The van der Waals surface area contributed by atoms with Gasteiger partial charge in [-0.3, -0.25) is 0 Å². The normalized spacial score (nSPS) is 10.3. The third-order valence-corrected chi connectivity index (χ3v) is 2.53. The lowest BCUT2D eigenvalue weighted by Gasteiger charge is -2.07. The highest BCUT2D eigenvalue weighted by molar-refractivity contribution is 6.30. The van der Waals surface area contributed by atoms with E-state index in [9.17, 15) is 4.39 Å². The van der Waals surface area contributed by atoms with Crippen LogP contribution in [0.1, 0.15) is 5.56 Å². The molecule has 4 heteroatoms. The van der Waals surface area contributed by atoms with Crippen molar-refractivity contribution in [2.75, 3.05) is 0 Å².